The molecule has 0 aliphatic carbocycles. The third kappa shape index (κ3) is 4.08. The van der Waals surface area contributed by atoms with Gasteiger partial charge in [-0.15, -0.1) is 0 Å². The van der Waals surface area contributed by atoms with Crippen LogP contribution in [0.15, 0.2) is 18.2 Å². The van der Waals surface area contributed by atoms with Gasteiger partial charge in [-0.05, 0) is 44.0 Å². The van der Waals surface area contributed by atoms with Crippen molar-refractivity contribution in [1.82, 2.24) is 5.32 Å². The second-order valence-electron chi connectivity index (χ2n) is 4.95. The lowest BCUT2D eigenvalue weighted by Gasteiger charge is -2.22. The number of benzene rings is 1. The van der Waals surface area contributed by atoms with E-state index < -0.39 is 15.8 Å². The number of methoxy groups -OCH3 is 1. The number of halogens is 1. The number of hydrogen-bond donors (Lipinski definition) is 2. The molecule has 5 nitrogen and oxygen atoms in total. The molecule has 1 aliphatic heterocycles. The fourth-order valence-corrected chi connectivity index (χ4v) is 3.80. The third-order valence-electron chi connectivity index (χ3n) is 3.28. The van der Waals surface area contributed by atoms with Crippen molar-refractivity contribution in [3.05, 3.63) is 24.0 Å². The van der Waals surface area contributed by atoms with E-state index >= 15 is 0 Å². The topological polar surface area (TPSA) is 67.4 Å². The standard InChI is InChI=1S/C13H19FN2O3S/c1-19-13-7-11(4-5-12(13)14)16-20(17,18)9-10-3-2-6-15-8-10/h4-5,7,10,15-16H,2-3,6,8-9H2,1H3. The maximum absolute atomic E-state index is 13.3. The summed E-state index contributed by atoms with van der Waals surface area (Å²) in [4.78, 5) is 0. The van der Waals surface area contributed by atoms with Gasteiger partial charge < -0.3 is 10.1 Å². The van der Waals surface area contributed by atoms with E-state index in [0.717, 1.165) is 19.4 Å². The Kier molecular flexibility index (Phi) is 4.82. The molecule has 0 spiro atoms. The molecule has 0 amide bonds. The number of ether oxygens (including phenoxy) is 1. The molecule has 0 radical (unpaired) electrons. The van der Waals surface area contributed by atoms with Crippen molar-refractivity contribution in [3.8, 4) is 5.75 Å². The molecule has 1 aromatic rings. The van der Waals surface area contributed by atoms with E-state index in [4.69, 9.17) is 4.74 Å². The second-order valence-corrected chi connectivity index (χ2v) is 6.71. The maximum atomic E-state index is 13.3. The first-order chi connectivity index (χ1) is 9.50. The Bertz CT molecular complexity index is 557. The molecule has 112 valence electrons. The van der Waals surface area contributed by atoms with Crippen LogP contribution in [0.2, 0.25) is 0 Å². The van der Waals surface area contributed by atoms with Crippen molar-refractivity contribution in [2.45, 2.75) is 12.8 Å². The number of rotatable bonds is 5. The van der Waals surface area contributed by atoms with Crippen LogP contribution in [0.4, 0.5) is 10.1 Å². The van der Waals surface area contributed by atoms with Crippen LogP contribution in [0.25, 0.3) is 0 Å². The first-order valence-corrected chi connectivity index (χ1v) is 8.20. The zero-order valence-corrected chi connectivity index (χ0v) is 12.2. The van der Waals surface area contributed by atoms with Gasteiger partial charge in [-0.3, -0.25) is 4.72 Å². The maximum Gasteiger partial charge on any atom is 0.233 e. The zero-order chi connectivity index (χ0) is 14.6. The monoisotopic (exact) mass is 302 g/mol. The minimum Gasteiger partial charge on any atom is -0.494 e. The lowest BCUT2D eigenvalue weighted by atomic mass is 10.0. The molecular weight excluding hydrogens is 283 g/mol. The first-order valence-electron chi connectivity index (χ1n) is 6.55. The summed E-state index contributed by atoms with van der Waals surface area (Å²) in [6.45, 7) is 1.66. The fraction of sp³-hybridized carbons (Fsp3) is 0.538. The second kappa shape index (κ2) is 6.41. The van der Waals surface area contributed by atoms with Gasteiger partial charge in [0.1, 0.15) is 0 Å². The Balaban J connectivity index is 2.03. The molecule has 1 fully saturated rings. The molecule has 1 atom stereocenters. The summed E-state index contributed by atoms with van der Waals surface area (Å²) in [5.41, 5.74) is 0.312. The van der Waals surface area contributed by atoms with Crippen LogP contribution in [-0.2, 0) is 10.0 Å². The van der Waals surface area contributed by atoms with E-state index in [2.05, 4.69) is 10.0 Å². The van der Waals surface area contributed by atoms with E-state index in [1.54, 1.807) is 0 Å². The van der Waals surface area contributed by atoms with Crippen LogP contribution in [-0.4, -0.2) is 34.4 Å². The minimum atomic E-state index is -3.44. The molecule has 2 N–H and O–H groups in total. The normalized spacial score (nSPS) is 19.6. The van der Waals surface area contributed by atoms with Crippen molar-refractivity contribution in [1.29, 1.82) is 0 Å². The van der Waals surface area contributed by atoms with Gasteiger partial charge in [0.15, 0.2) is 11.6 Å². The van der Waals surface area contributed by atoms with Gasteiger partial charge in [0.2, 0.25) is 10.0 Å². The molecule has 7 heteroatoms. The lowest BCUT2D eigenvalue weighted by Crippen LogP contribution is -2.35. The average Bonchev–Trinajstić information content (AvgIpc) is 2.41. The zero-order valence-electron chi connectivity index (χ0n) is 11.4. The van der Waals surface area contributed by atoms with Gasteiger partial charge in [0.05, 0.1) is 18.6 Å². The number of nitrogens with one attached hydrogen (secondary N) is 2. The van der Waals surface area contributed by atoms with E-state index in [9.17, 15) is 12.8 Å². The molecule has 0 saturated carbocycles. The molecule has 2 rings (SSSR count). The Morgan fingerprint density at radius 2 is 2.30 bits per heavy atom. The van der Waals surface area contributed by atoms with Crippen LogP contribution in [0.3, 0.4) is 0 Å². The van der Waals surface area contributed by atoms with Crippen molar-refractivity contribution in [2.24, 2.45) is 5.92 Å². The van der Waals surface area contributed by atoms with Crippen LogP contribution in [0.5, 0.6) is 5.75 Å². The van der Waals surface area contributed by atoms with E-state index in [1.165, 1.54) is 25.3 Å². The summed E-state index contributed by atoms with van der Waals surface area (Å²) in [6.07, 6.45) is 1.89. The predicted molar refractivity (Wildman–Crippen MR) is 76.0 cm³/mol. The summed E-state index contributed by atoms with van der Waals surface area (Å²) in [6, 6.07) is 3.90. The van der Waals surface area contributed by atoms with Crippen LogP contribution >= 0.6 is 0 Å². The number of hydrogen-bond acceptors (Lipinski definition) is 4. The van der Waals surface area contributed by atoms with Gasteiger partial charge >= 0.3 is 0 Å². The van der Waals surface area contributed by atoms with E-state index in [-0.39, 0.29) is 17.4 Å². The van der Waals surface area contributed by atoms with Gasteiger partial charge in [-0.1, -0.05) is 0 Å². The smallest absolute Gasteiger partial charge is 0.233 e. The molecule has 1 aliphatic rings. The fourth-order valence-electron chi connectivity index (χ4n) is 2.32. The van der Waals surface area contributed by atoms with Crippen LogP contribution < -0.4 is 14.8 Å². The van der Waals surface area contributed by atoms with Gasteiger partial charge in [0, 0.05) is 6.07 Å². The number of sulfonamides is 1. The molecule has 1 saturated heterocycles. The van der Waals surface area contributed by atoms with E-state index in [1.807, 2.05) is 0 Å². The van der Waals surface area contributed by atoms with Gasteiger partial charge in [-0.2, -0.15) is 0 Å². The summed E-state index contributed by atoms with van der Waals surface area (Å²) >= 11 is 0. The molecular formula is C13H19FN2O3S. The molecule has 0 bridgehead atoms. The highest BCUT2D eigenvalue weighted by molar-refractivity contribution is 7.92. The predicted octanol–water partition coefficient (Wildman–Crippen LogP) is 1.58. The Hall–Kier alpha value is -1.34. The molecule has 1 aromatic carbocycles. The summed E-state index contributed by atoms with van der Waals surface area (Å²) in [7, 11) is -2.10. The third-order valence-corrected chi connectivity index (χ3v) is 4.74. The minimum absolute atomic E-state index is 0.0181. The highest BCUT2D eigenvalue weighted by Gasteiger charge is 2.21. The molecule has 1 unspecified atom stereocenters. The highest BCUT2D eigenvalue weighted by Crippen LogP contribution is 2.23. The van der Waals surface area contributed by atoms with Crippen molar-refractivity contribution in [3.63, 3.8) is 0 Å². The van der Waals surface area contributed by atoms with E-state index in [0.29, 0.717) is 12.2 Å². The summed E-state index contributed by atoms with van der Waals surface area (Å²) < 4.78 is 44.7. The number of anilines is 1. The Morgan fingerprint density at radius 1 is 1.50 bits per heavy atom. The average molecular weight is 302 g/mol. The van der Waals surface area contributed by atoms with Crippen LogP contribution in [0.1, 0.15) is 12.8 Å². The largest absolute Gasteiger partial charge is 0.494 e. The molecule has 0 aromatic heterocycles. The van der Waals surface area contributed by atoms with Crippen molar-refractivity contribution >= 4 is 15.7 Å². The van der Waals surface area contributed by atoms with Crippen molar-refractivity contribution < 1.29 is 17.5 Å². The van der Waals surface area contributed by atoms with Crippen molar-refractivity contribution in [2.75, 3.05) is 30.7 Å². The summed E-state index contributed by atoms with van der Waals surface area (Å²) in [5.74, 6) is -0.320. The SMILES string of the molecule is COc1cc(NS(=O)(=O)CC2CCCNC2)ccc1F. The summed E-state index contributed by atoms with van der Waals surface area (Å²) in [5, 5.41) is 3.19. The molecule has 20 heavy (non-hydrogen) atoms. The van der Waals surface area contributed by atoms with Gasteiger partial charge in [-0.25, -0.2) is 12.8 Å². The lowest BCUT2D eigenvalue weighted by molar-refractivity contribution is 0.387. The Labute approximate surface area is 118 Å². The number of piperidine rings is 1. The van der Waals surface area contributed by atoms with Gasteiger partial charge in [0.25, 0.3) is 0 Å². The first kappa shape index (κ1) is 15.1. The van der Waals surface area contributed by atoms with Crippen LogP contribution in [0, 0.1) is 11.7 Å². The highest BCUT2D eigenvalue weighted by atomic mass is 32.2. The molecule has 1 heterocycles. The Morgan fingerprint density at radius 3 is 2.95 bits per heavy atom. The quantitative estimate of drug-likeness (QED) is 0.866.